The molecule has 1 aliphatic carbocycles. The van der Waals surface area contributed by atoms with Gasteiger partial charge in [0.1, 0.15) is 0 Å². The summed E-state index contributed by atoms with van der Waals surface area (Å²) in [4.78, 5) is 2.29. The van der Waals surface area contributed by atoms with Gasteiger partial charge in [0.25, 0.3) is 0 Å². The molecular formula is C16H25ClN2O. The number of anilines is 1. The molecule has 0 heterocycles. The van der Waals surface area contributed by atoms with Crippen molar-refractivity contribution >= 4 is 17.3 Å². The van der Waals surface area contributed by atoms with E-state index in [1.807, 2.05) is 6.07 Å². The van der Waals surface area contributed by atoms with Crippen molar-refractivity contribution in [2.75, 3.05) is 24.6 Å². The van der Waals surface area contributed by atoms with Gasteiger partial charge in [-0.25, -0.2) is 0 Å². The minimum Gasteiger partial charge on any atom is -0.395 e. The average Bonchev–Trinajstić information content (AvgIpc) is 2.38. The van der Waals surface area contributed by atoms with Crippen LogP contribution in [0.5, 0.6) is 0 Å². The predicted molar refractivity (Wildman–Crippen MR) is 85.5 cm³/mol. The van der Waals surface area contributed by atoms with Crippen LogP contribution in [0.25, 0.3) is 0 Å². The van der Waals surface area contributed by atoms with Crippen molar-refractivity contribution in [3.63, 3.8) is 0 Å². The van der Waals surface area contributed by atoms with E-state index < -0.39 is 0 Å². The summed E-state index contributed by atoms with van der Waals surface area (Å²) in [6.45, 7) is 4.86. The number of hydrogen-bond acceptors (Lipinski definition) is 3. The summed E-state index contributed by atoms with van der Waals surface area (Å²) in [5.41, 5.74) is 2.27. The molecule has 1 aromatic rings. The Balaban J connectivity index is 2.05. The third-order valence-electron chi connectivity index (χ3n) is 3.97. The summed E-state index contributed by atoms with van der Waals surface area (Å²) in [5.74, 6) is 0. The summed E-state index contributed by atoms with van der Waals surface area (Å²) < 4.78 is 0. The summed E-state index contributed by atoms with van der Waals surface area (Å²) in [7, 11) is 0. The van der Waals surface area contributed by atoms with E-state index >= 15 is 0 Å². The fraction of sp³-hybridized carbons (Fsp3) is 0.625. The van der Waals surface area contributed by atoms with Crippen LogP contribution in [0.15, 0.2) is 18.2 Å². The molecule has 2 rings (SSSR count). The van der Waals surface area contributed by atoms with Crippen molar-refractivity contribution < 1.29 is 5.11 Å². The molecule has 1 saturated carbocycles. The molecule has 0 unspecified atom stereocenters. The zero-order valence-corrected chi connectivity index (χ0v) is 13.0. The Labute approximate surface area is 126 Å². The number of nitrogens with one attached hydrogen (secondary N) is 1. The normalized spacial score (nSPS) is 15.2. The van der Waals surface area contributed by atoms with Crippen molar-refractivity contribution in [3.8, 4) is 0 Å². The van der Waals surface area contributed by atoms with E-state index in [1.165, 1.54) is 19.3 Å². The number of aliphatic hydroxyl groups excluding tert-OH is 1. The fourth-order valence-electron chi connectivity index (χ4n) is 2.59. The fourth-order valence-corrected chi connectivity index (χ4v) is 2.83. The molecule has 0 saturated heterocycles. The number of rotatable bonds is 8. The maximum Gasteiger partial charge on any atom is 0.0606 e. The maximum absolute atomic E-state index is 9.25. The van der Waals surface area contributed by atoms with Crippen LogP contribution in [0.3, 0.4) is 0 Å². The second-order valence-corrected chi connectivity index (χ2v) is 5.86. The van der Waals surface area contributed by atoms with E-state index in [-0.39, 0.29) is 6.61 Å². The van der Waals surface area contributed by atoms with Crippen molar-refractivity contribution in [2.24, 2.45) is 0 Å². The molecule has 0 aromatic heterocycles. The van der Waals surface area contributed by atoms with Crippen LogP contribution in [-0.4, -0.2) is 30.8 Å². The first-order valence-corrected chi connectivity index (χ1v) is 8.00. The van der Waals surface area contributed by atoms with E-state index in [2.05, 4.69) is 29.3 Å². The number of benzene rings is 1. The van der Waals surface area contributed by atoms with Crippen LogP contribution < -0.4 is 10.2 Å². The van der Waals surface area contributed by atoms with Gasteiger partial charge in [-0.15, -0.1) is 0 Å². The van der Waals surface area contributed by atoms with Gasteiger partial charge in [-0.2, -0.15) is 0 Å². The molecule has 0 atom stereocenters. The quantitative estimate of drug-likeness (QED) is 0.723. The Hall–Kier alpha value is -0.770. The second kappa shape index (κ2) is 7.87. The molecule has 0 bridgehead atoms. The molecule has 112 valence electrons. The minimum atomic E-state index is 0.188. The lowest BCUT2D eigenvalue weighted by Crippen LogP contribution is -2.42. The molecule has 20 heavy (non-hydrogen) atoms. The van der Waals surface area contributed by atoms with Gasteiger partial charge < -0.3 is 15.3 Å². The van der Waals surface area contributed by atoms with E-state index in [0.29, 0.717) is 12.6 Å². The molecule has 1 aliphatic rings. The Morgan fingerprint density at radius 3 is 2.75 bits per heavy atom. The summed E-state index contributed by atoms with van der Waals surface area (Å²) in [6.07, 6.45) is 4.86. The zero-order valence-electron chi connectivity index (χ0n) is 12.2. The molecule has 1 aromatic carbocycles. The summed E-state index contributed by atoms with van der Waals surface area (Å²) in [5, 5.41) is 13.4. The van der Waals surface area contributed by atoms with Crippen molar-refractivity contribution in [2.45, 2.75) is 45.2 Å². The highest BCUT2D eigenvalue weighted by Gasteiger charge is 2.25. The smallest absolute Gasteiger partial charge is 0.0606 e. The highest BCUT2D eigenvalue weighted by molar-refractivity contribution is 6.31. The first kappa shape index (κ1) is 15.6. The Kier molecular flexibility index (Phi) is 6.14. The largest absolute Gasteiger partial charge is 0.395 e. The topological polar surface area (TPSA) is 35.5 Å². The average molecular weight is 297 g/mol. The Morgan fingerprint density at radius 1 is 1.40 bits per heavy atom. The standard InChI is InChI=1S/C16H25ClN2O/c1-2-8-18-12-13-6-7-15(11-16(13)17)19(9-10-20)14-4-3-5-14/h6-7,11,14,18,20H,2-5,8-10,12H2,1H3. The van der Waals surface area contributed by atoms with Crippen LogP contribution in [0.1, 0.15) is 38.2 Å². The van der Waals surface area contributed by atoms with Crippen LogP contribution >= 0.6 is 11.6 Å². The Morgan fingerprint density at radius 2 is 2.20 bits per heavy atom. The number of hydrogen-bond donors (Lipinski definition) is 2. The molecular weight excluding hydrogens is 272 g/mol. The lowest BCUT2D eigenvalue weighted by molar-refractivity contribution is 0.283. The van der Waals surface area contributed by atoms with Gasteiger partial charge in [-0.05, 0) is 49.9 Å². The van der Waals surface area contributed by atoms with E-state index in [0.717, 1.165) is 35.8 Å². The zero-order chi connectivity index (χ0) is 14.4. The lowest BCUT2D eigenvalue weighted by Gasteiger charge is -2.39. The molecule has 1 fully saturated rings. The molecule has 2 N–H and O–H groups in total. The molecule has 0 aliphatic heterocycles. The highest BCUT2D eigenvalue weighted by atomic mass is 35.5. The second-order valence-electron chi connectivity index (χ2n) is 5.45. The number of halogens is 1. The summed E-state index contributed by atoms with van der Waals surface area (Å²) in [6, 6.07) is 6.84. The van der Waals surface area contributed by atoms with Gasteiger partial charge in [-0.1, -0.05) is 24.6 Å². The monoisotopic (exact) mass is 296 g/mol. The first-order valence-electron chi connectivity index (χ1n) is 7.63. The van der Waals surface area contributed by atoms with Gasteiger partial charge in [-0.3, -0.25) is 0 Å². The van der Waals surface area contributed by atoms with Crippen molar-refractivity contribution in [1.29, 1.82) is 0 Å². The van der Waals surface area contributed by atoms with E-state index in [9.17, 15) is 5.11 Å². The van der Waals surface area contributed by atoms with Gasteiger partial charge in [0.2, 0.25) is 0 Å². The van der Waals surface area contributed by atoms with E-state index in [1.54, 1.807) is 0 Å². The van der Waals surface area contributed by atoms with Gasteiger partial charge >= 0.3 is 0 Å². The number of aliphatic hydroxyl groups is 1. The maximum atomic E-state index is 9.25. The van der Waals surface area contributed by atoms with Crippen molar-refractivity contribution in [3.05, 3.63) is 28.8 Å². The SMILES string of the molecule is CCCNCc1ccc(N(CCO)C2CCC2)cc1Cl. The van der Waals surface area contributed by atoms with Gasteiger partial charge in [0.05, 0.1) is 6.61 Å². The third kappa shape index (κ3) is 3.87. The van der Waals surface area contributed by atoms with Crippen LogP contribution in [0.2, 0.25) is 5.02 Å². The number of nitrogens with zero attached hydrogens (tertiary/aromatic N) is 1. The first-order chi connectivity index (χ1) is 9.76. The lowest BCUT2D eigenvalue weighted by atomic mass is 9.91. The predicted octanol–water partition coefficient (Wildman–Crippen LogP) is 3.19. The van der Waals surface area contributed by atoms with Crippen molar-refractivity contribution in [1.82, 2.24) is 5.32 Å². The molecule has 4 heteroatoms. The van der Waals surface area contributed by atoms with Gasteiger partial charge in [0.15, 0.2) is 0 Å². The van der Waals surface area contributed by atoms with Crippen LogP contribution in [0.4, 0.5) is 5.69 Å². The Bertz CT molecular complexity index is 421. The van der Waals surface area contributed by atoms with E-state index in [4.69, 9.17) is 11.6 Å². The molecule has 0 radical (unpaired) electrons. The molecule has 3 nitrogen and oxygen atoms in total. The van der Waals surface area contributed by atoms with Gasteiger partial charge in [0, 0.05) is 29.8 Å². The summed E-state index contributed by atoms with van der Waals surface area (Å²) >= 11 is 6.39. The third-order valence-corrected chi connectivity index (χ3v) is 4.32. The highest BCUT2D eigenvalue weighted by Crippen LogP contribution is 2.31. The van der Waals surface area contributed by atoms with Crippen LogP contribution in [0, 0.1) is 0 Å². The van der Waals surface area contributed by atoms with Crippen LogP contribution in [-0.2, 0) is 6.54 Å². The minimum absolute atomic E-state index is 0.188. The molecule has 0 spiro atoms. The molecule has 0 amide bonds.